The molecule has 0 aliphatic heterocycles. The van der Waals surface area contributed by atoms with Gasteiger partial charge in [0.2, 0.25) is 0 Å². The summed E-state index contributed by atoms with van der Waals surface area (Å²) in [5.41, 5.74) is 1.39. The fourth-order valence-corrected chi connectivity index (χ4v) is 4.01. The number of benzene rings is 2. The molecule has 0 fully saturated rings. The Bertz CT molecular complexity index is 1320. The van der Waals surface area contributed by atoms with Crippen LogP contribution in [0.4, 0.5) is 4.39 Å². The molecular formula is C22H19FN4O2S. The molecule has 0 bridgehead atoms. The summed E-state index contributed by atoms with van der Waals surface area (Å²) in [6, 6.07) is 14.3. The molecule has 2 aromatic heterocycles. The third-order valence-corrected chi connectivity index (χ3v) is 5.42. The number of nitrogens with one attached hydrogen (secondary N) is 1. The highest BCUT2D eigenvalue weighted by Crippen LogP contribution is 2.21. The number of aromatic amines is 1. The summed E-state index contributed by atoms with van der Waals surface area (Å²) >= 11 is 1.29. The first-order valence-electron chi connectivity index (χ1n) is 9.55. The number of thioether (sulfide) groups is 1. The zero-order valence-corrected chi connectivity index (χ0v) is 17.1. The number of aryl methyl sites for hydroxylation is 1. The summed E-state index contributed by atoms with van der Waals surface area (Å²) in [4.78, 5) is 37.0. The van der Waals surface area contributed by atoms with E-state index in [1.165, 1.54) is 34.5 Å². The Morgan fingerprint density at radius 3 is 2.60 bits per heavy atom. The fourth-order valence-electron chi connectivity index (χ4n) is 3.20. The van der Waals surface area contributed by atoms with Crippen LogP contribution in [-0.4, -0.2) is 19.5 Å². The lowest BCUT2D eigenvalue weighted by molar-refractivity contribution is 0.627. The Morgan fingerprint density at radius 1 is 1.07 bits per heavy atom. The molecule has 0 saturated carbocycles. The maximum absolute atomic E-state index is 13.4. The third kappa shape index (κ3) is 4.18. The standard InChI is InChI=1S/C22H19FN4O2S/c1-2-5-15-12-20(28)26-22(24-15)30-13-19-25-18-7-4-3-6-17(18)21(29)27(19)16-10-8-14(23)9-11-16/h3-4,6-12H,2,5,13H2,1H3,(H,24,26,28). The van der Waals surface area contributed by atoms with Gasteiger partial charge in [0.15, 0.2) is 5.16 Å². The molecular weight excluding hydrogens is 403 g/mol. The summed E-state index contributed by atoms with van der Waals surface area (Å²) in [7, 11) is 0. The first-order valence-corrected chi connectivity index (χ1v) is 10.5. The Kier molecular flexibility index (Phi) is 5.76. The van der Waals surface area contributed by atoms with E-state index in [4.69, 9.17) is 0 Å². The van der Waals surface area contributed by atoms with E-state index in [2.05, 4.69) is 15.0 Å². The molecule has 0 unspecified atom stereocenters. The molecule has 2 heterocycles. The number of rotatable bonds is 6. The van der Waals surface area contributed by atoms with E-state index in [0.29, 0.717) is 39.7 Å². The van der Waals surface area contributed by atoms with Crippen LogP contribution in [0.5, 0.6) is 0 Å². The Balaban J connectivity index is 1.78. The number of halogens is 1. The summed E-state index contributed by atoms with van der Waals surface area (Å²) in [5, 5.41) is 0.950. The second kappa shape index (κ2) is 8.62. The van der Waals surface area contributed by atoms with Crippen LogP contribution in [0.1, 0.15) is 24.9 Å². The molecule has 30 heavy (non-hydrogen) atoms. The van der Waals surface area contributed by atoms with Crippen molar-refractivity contribution in [1.82, 2.24) is 19.5 Å². The highest BCUT2D eigenvalue weighted by molar-refractivity contribution is 7.98. The normalized spacial score (nSPS) is 11.1. The molecule has 2 aromatic carbocycles. The molecule has 4 aromatic rings. The van der Waals surface area contributed by atoms with E-state index in [0.717, 1.165) is 12.1 Å². The zero-order chi connectivity index (χ0) is 21.1. The van der Waals surface area contributed by atoms with Crippen molar-refractivity contribution < 1.29 is 4.39 Å². The number of para-hydroxylation sites is 1. The molecule has 0 aliphatic rings. The average molecular weight is 422 g/mol. The third-order valence-electron chi connectivity index (χ3n) is 4.55. The van der Waals surface area contributed by atoms with Gasteiger partial charge in [-0.1, -0.05) is 37.2 Å². The summed E-state index contributed by atoms with van der Waals surface area (Å²) < 4.78 is 14.9. The number of nitrogens with zero attached hydrogens (tertiary/aromatic N) is 3. The van der Waals surface area contributed by atoms with Crippen LogP contribution < -0.4 is 11.1 Å². The first kappa shape index (κ1) is 20.0. The quantitative estimate of drug-likeness (QED) is 0.377. The zero-order valence-electron chi connectivity index (χ0n) is 16.3. The van der Waals surface area contributed by atoms with Crippen molar-refractivity contribution in [2.75, 3.05) is 0 Å². The van der Waals surface area contributed by atoms with E-state index in [1.807, 2.05) is 13.0 Å². The lowest BCUT2D eigenvalue weighted by atomic mass is 10.2. The van der Waals surface area contributed by atoms with Crippen molar-refractivity contribution >= 4 is 22.7 Å². The molecule has 0 atom stereocenters. The van der Waals surface area contributed by atoms with Gasteiger partial charge in [-0.25, -0.2) is 14.4 Å². The van der Waals surface area contributed by atoms with Gasteiger partial charge in [-0.2, -0.15) is 0 Å². The lowest BCUT2D eigenvalue weighted by Gasteiger charge is -2.13. The molecule has 0 amide bonds. The molecule has 0 radical (unpaired) electrons. The Hall–Kier alpha value is -3.26. The molecule has 6 nitrogen and oxygen atoms in total. The van der Waals surface area contributed by atoms with Gasteiger partial charge in [0.1, 0.15) is 11.6 Å². The average Bonchev–Trinajstić information content (AvgIpc) is 2.73. The molecule has 0 saturated heterocycles. The second-order valence-electron chi connectivity index (χ2n) is 6.74. The molecule has 8 heteroatoms. The largest absolute Gasteiger partial charge is 0.301 e. The topological polar surface area (TPSA) is 80.6 Å². The maximum Gasteiger partial charge on any atom is 0.265 e. The van der Waals surface area contributed by atoms with Gasteiger partial charge in [0.25, 0.3) is 11.1 Å². The number of fused-ring (bicyclic) bond motifs is 1. The lowest BCUT2D eigenvalue weighted by Crippen LogP contribution is -2.23. The van der Waals surface area contributed by atoms with Crippen LogP contribution in [0.15, 0.2) is 69.3 Å². The molecule has 4 rings (SSSR count). The van der Waals surface area contributed by atoms with Crippen molar-refractivity contribution in [1.29, 1.82) is 0 Å². The molecule has 0 aliphatic carbocycles. The van der Waals surface area contributed by atoms with Crippen molar-refractivity contribution in [3.63, 3.8) is 0 Å². The van der Waals surface area contributed by atoms with Crippen LogP contribution >= 0.6 is 11.8 Å². The van der Waals surface area contributed by atoms with Crippen LogP contribution in [0.25, 0.3) is 16.6 Å². The van der Waals surface area contributed by atoms with Crippen LogP contribution in [0, 0.1) is 5.82 Å². The van der Waals surface area contributed by atoms with Gasteiger partial charge in [0.05, 0.1) is 22.3 Å². The minimum Gasteiger partial charge on any atom is -0.301 e. The highest BCUT2D eigenvalue weighted by Gasteiger charge is 2.14. The van der Waals surface area contributed by atoms with Gasteiger partial charge in [-0.3, -0.25) is 14.2 Å². The van der Waals surface area contributed by atoms with Crippen LogP contribution in [0.3, 0.4) is 0 Å². The van der Waals surface area contributed by atoms with Gasteiger partial charge in [-0.15, -0.1) is 0 Å². The molecule has 152 valence electrons. The number of hydrogen-bond donors (Lipinski definition) is 1. The van der Waals surface area contributed by atoms with Crippen molar-refractivity contribution in [2.24, 2.45) is 0 Å². The van der Waals surface area contributed by atoms with Crippen molar-refractivity contribution in [2.45, 2.75) is 30.7 Å². The minimum absolute atomic E-state index is 0.210. The predicted molar refractivity (Wildman–Crippen MR) is 116 cm³/mol. The fraction of sp³-hybridized carbons (Fsp3) is 0.182. The Labute approximate surface area is 175 Å². The van der Waals surface area contributed by atoms with Crippen molar-refractivity contribution in [3.05, 3.63) is 92.6 Å². The summed E-state index contributed by atoms with van der Waals surface area (Å²) in [6.45, 7) is 2.02. The summed E-state index contributed by atoms with van der Waals surface area (Å²) in [6.07, 6.45) is 1.60. The van der Waals surface area contributed by atoms with E-state index in [9.17, 15) is 14.0 Å². The molecule has 1 N–H and O–H groups in total. The van der Waals surface area contributed by atoms with Crippen molar-refractivity contribution in [3.8, 4) is 5.69 Å². The maximum atomic E-state index is 13.4. The summed E-state index contributed by atoms with van der Waals surface area (Å²) in [5.74, 6) is 0.403. The van der Waals surface area contributed by atoms with E-state index >= 15 is 0 Å². The van der Waals surface area contributed by atoms with E-state index < -0.39 is 0 Å². The second-order valence-corrected chi connectivity index (χ2v) is 7.71. The first-order chi connectivity index (χ1) is 14.5. The van der Waals surface area contributed by atoms with E-state index in [1.54, 1.807) is 30.3 Å². The number of hydrogen-bond acceptors (Lipinski definition) is 5. The smallest absolute Gasteiger partial charge is 0.265 e. The van der Waals surface area contributed by atoms with Gasteiger partial charge in [0, 0.05) is 11.8 Å². The van der Waals surface area contributed by atoms with E-state index in [-0.39, 0.29) is 16.9 Å². The highest BCUT2D eigenvalue weighted by atomic mass is 32.2. The van der Waals surface area contributed by atoms with Crippen LogP contribution in [0.2, 0.25) is 0 Å². The van der Waals surface area contributed by atoms with Crippen LogP contribution in [-0.2, 0) is 12.2 Å². The van der Waals surface area contributed by atoms with Gasteiger partial charge in [-0.05, 0) is 42.8 Å². The molecule has 0 spiro atoms. The minimum atomic E-state index is -0.383. The van der Waals surface area contributed by atoms with Gasteiger partial charge >= 0.3 is 0 Å². The SMILES string of the molecule is CCCc1cc(=O)[nH]c(SCc2nc3ccccc3c(=O)n2-c2ccc(F)cc2)n1. The Morgan fingerprint density at radius 2 is 1.83 bits per heavy atom. The van der Waals surface area contributed by atoms with Gasteiger partial charge < -0.3 is 4.98 Å². The number of aromatic nitrogens is 4. The monoisotopic (exact) mass is 422 g/mol. The number of H-pyrrole nitrogens is 1. The predicted octanol–water partition coefficient (Wildman–Crippen LogP) is 3.85.